The standard InChI is InChI=1S/C19H39NO2S/c1-10-17(4,5)14-18(6,7)16(21)20-19(8,9)12-13-22-15(3)23-11-2/h15H,10-14H2,1-9H3,(H,20,21). The van der Waals surface area contributed by atoms with E-state index < -0.39 is 0 Å². The summed E-state index contributed by atoms with van der Waals surface area (Å²) in [5, 5.41) is 3.22. The molecule has 0 aromatic heterocycles. The van der Waals surface area contributed by atoms with Crippen LogP contribution in [0.5, 0.6) is 0 Å². The van der Waals surface area contributed by atoms with Gasteiger partial charge in [0.2, 0.25) is 5.91 Å². The summed E-state index contributed by atoms with van der Waals surface area (Å²) in [6.07, 6.45) is 2.79. The highest BCUT2D eigenvalue weighted by atomic mass is 32.2. The molecule has 0 spiro atoms. The summed E-state index contributed by atoms with van der Waals surface area (Å²) < 4.78 is 5.80. The van der Waals surface area contributed by atoms with Gasteiger partial charge in [0.15, 0.2) is 0 Å². The molecule has 4 heteroatoms. The Bertz CT molecular complexity index is 364. The van der Waals surface area contributed by atoms with Crippen LogP contribution in [-0.2, 0) is 9.53 Å². The molecule has 3 nitrogen and oxygen atoms in total. The highest BCUT2D eigenvalue weighted by molar-refractivity contribution is 7.99. The summed E-state index contributed by atoms with van der Waals surface area (Å²) >= 11 is 1.80. The second-order valence-corrected chi connectivity index (χ2v) is 10.1. The largest absolute Gasteiger partial charge is 0.368 e. The molecule has 0 aliphatic carbocycles. The van der Waals surface area contributed by atoms with Gasteiger partial charge < -0.3 is 10.1 Å². The van der Waals surface area contributed by atoms with Crippen LogP contribution >= 0.6 is 11.8 Å². The molecule has 0 saturated carbocycles. The van der Waals surface area contributed by atoms with Crippen LogP contribution in [0.25, 0.3) is 0 Å². The van der Waals surface area contributed by atoms with E-state index in [1.165, 1.54) is 0 Å². The van der Waals surface area contributed by atoms with Crippen molar-refractivity contribution in [3.8, 4) is 0 Å². The van der Waals surface area contributed by atoms with Crippen molar-refractivity contribution in [2.45, 2.75) is 92.6 Å². The zero-order valence-corrected chi connectivity index (χ0v) is 17.7. The molecular formula is C19H39NO2S. The van der Waals surface area contributed by atoms with Crippen LogP contribution in [-0.4, -0.2) is 29.2 Å². The first-order valence-electron chi connectivity index (χ1n) is 8.91. The van der Waals surface area contributed by atoms with Gasteiger partial charge in [-0.25, -0.2) is 0 Å². The van der Waals surface area contributed by atoms with Gasteiger partial charge in [0.25, 0.3) is 0 Å². The number of hydrogen-bond donors (Lipinski definition) is 1. The lowest BCUT2D eigenvalue weighted by molar-refractivity contribution is -0.133. The van der Waals surface area contributed by atoms with Crippen molar-refractivity contribution in [3.63, 3.8) is 0 Å². The monoisotopic (exact) mass is 345 g/mol. The first-order chi connectivity index (χ1) is 10.4. The topological polar surface area (TPSA) is 38.3 Å². The van der Waals surface area contributed by atoms with Gasteiger partial charge in [-0.1, -0.05) is 48.0 Å². The highest BCUT2D eigenvalue weighted by Crippen LogP contribution is 2.36. The zero-order chi connectivity index (χ0) is 18.3. The Balaban J connectivity index is 4.49. The van der Waals surface area contributed by atoms with E-state index in [4.69, 9.17) is 4.74 Å². The second kappa shape index (κ2) is 9.31. The smallest absolute Gasteiger partial charge is 0.226 e. The molecule has 0 fully saturated rings. The number of carbonyl (C=O) groups excluding carboxylic acids is 1. The van der Waals surface area contributed by atoms with Crippen molar-refractivity contribution in [2.75, 3.05) is 12.4 Å². The molecule has 0 rings (SSSR count). The first-order valence-corrected chi connectivity index (χ1v) is 9.96. The number of ether oxygens (including phenoxy) is 1. The van der Waals surface area contributed by atoms with E-state index in [-0.39, 0.29) is 27.7 Å². The SMILES string of the molecule is CCSC(C)OCCC(C)(C)NC(=O)C(C)(C)CC(C)(C)CC. The van der Waals surface area contributed by atoms with Crippen molar-refractivity contribution in [2.24, 2.45) is 10.8 Å². The average molecular weight is 346 g/mol. The number of thioether (sulfide) groups is 1. The second-order valence-electron chi connectivity index (χ2n) is 8.56. The number of amides is 1. The molecular weight excluding hydrogens is 306 g/mol. The van der Waals surface area contributed by atoms with Crippen molar-refractivity contribution < 1.29 is 9.53 Å². The Morgan fingerprint density at radius 1 is 1.13 bits per heavy atom. The molecule has 0 saturated heterocycles. The van der Waals surface area contributed by atoms with Crippen LogP contribution in [0.1, 0.15) is 81.6 Å². The molecule has 0 aliphatic rings. The number of nitrogens with one attached hydrogen (secondary N) is 1. The maximum absolute atomic E-state index is 12.7. The molecule has 0 heterocycles. The van der Waals surface area contributed by atoms with Crippen LogP contribution in [0, 0.1) is 10.8 Å². The molecule has 0 aromatic carbocycles. The number of rotatable bonds is 11. The zero-order valence-electron chi connectivity index (χ0n) is 16.8. The molecule has 0 bridgehead atoms. The predicted octanol–water partition coefficient (Wildman–Crippen LogP) is 5.24. The van der Waals surface area contributed by atoms with Crippen molar-refractivity contribution in [1.29, 1.82) is 0 Å². The molecule has 0 aliphatic heterocycles. The average Bonchev–Trinajstić information content (AvgIpc) is 2.37. The van der Waals surface area contributed by atoms with Gasteiger partial charge in [0.05, 0.1) is 12.0 Å². The van der Waals surface area contributed by atoms with Crippen molar-refractivity contribution in [3.05, 3.63) is 0 Å². The van der Waals surface area contributed by atoms with Gasteiger partial charge >= 0.3 is 0 Å². The van der Waals surface area contributed by atoms with Crippen LogP contribution < -0.4 is 5.32 Å². The molecule has 1 atom stereocenters. The fourth-order valence-electron chi connectivity index (χ4n) is 2.70. The fourth-order valence-corrected chi connectivity index (χ4v) is 3.37. The molecule has 1 amide bonds. The van der Waals surface area contributed by atoms with Crippen molar-refractivity contribution >= 4 is 17.7 Å². The Labute approximate surface area is 148 Å². The molecule has 23 heavy (non-hydrogen) atoms. The Morgan fingerprint density at radius 2 is 1.70 bits per heavy atom. The Morgan fingerprint density at radius 3 is 2.17 bits per heavy atom. The summed E-state index contributed by atoms with van der Waals surface area (Å²) in [5.74, 6) is 1.20. The molecule has 1 N–H and O–H groups in total. The minimum Gasteiger partial charge on any atom is -0.368 e. The van der Waals surface area contributed by atoms with E-state index >= 15 is 0 Å². The van der Waals surface area contributed by atoms with Crippen molar-refractivity contribution in [1.82, 2.24) is 5.32 Å². The summed E-state index contributed by atoms with van der Waals surface area (Å²) in [6, 6.07) is 0. The van der Waals surface area contributed by atoms with Gasteiger partial charge in [-0.05, 0) is 44.8 Å². The Hall–Kier alpha value is -0.220. The lowest BCUT2D eigenvalue weighted by atomic mass is 9.73. The lowest BCUT2D eigenvalue weighted by Gasteiger charge is -2.36. The van der Waals surface area contributed by atoms with Crippen LogP contribution in [0.3, 0.4) is 0 Å². The lowest BCUT2D eigenvalue weighted by Crippen LogP contribution is -2.50. The summed E-state index contributed by atoms with van der Waals surface area (Å²) in [6.45, 7) is 19.8. The van der Waals surface area contributed by atoms with Gasteiger partial charge in [0.1, 0.15) is 0 Å². The predicted molar refractivity (Wildman–Crippen MR) is 103 cm³/mol. The molecule has 138 valence electrons. The minimum absolute atomic E-state index is 0.139. The van der Waals surface area contributed by atoms with E-state index in [0.29, 0.717) is 6.61 Å². The molecule has 0 aromatic rings. The summed E-state index contributed by atoms with van der Waals surface area (Å²) in [4.78, 5) is 12.7. The third kappa shape index (κ3) is 9.61. The Kier molecular flexibility index (Phi) is 9.22. The van der Waals surface area contributed by atoms with Gasteiger partial charge in [-0.3, -0.25) is 4.79 Å². The van der Waals surface area contributed by atoms with Crippen LogP contribution in [0.4, 0.5) is 0 Å². The quantitative estimate of drug-likeness (QED) is 0.520. The van der Waals surface area contributed by atoms with Crippen LogP contribution in [0.15, 0.2) is 0 Å². The van der Waals surface area contributed by atoms with E-state index in [9.17, 15) is 4.79 Å². The third-order valence-corrected chi connectivity index (χ3v) is 5.36. The summed E-state index contributed by atoms with van der Waals surface area (Å²) in [7, 11) is 0. The third-order valence-electron chi connectivity index (χ3n) is 4.43. The molecule has 0 radical (unpaired) electrons. The van der Waals surface area contributed by atoms with Gasteiger partial charge in [-0.2, -0.15) is 0 Å². The van der Waals surface area contributed by atoms with E-state index in [2.05, 4.69) is 53.8 Å². The van der Waals surface area contributed by atoms with Crippen LogP contribution in [0.2, 0.25) is 0 Å². The van der Waals surface area contributed by atoms with E-state index in [1.807, 2.05) is 13.8 Å². The van der Waals surface area contributed by atoms with Gasteiger partial charge in [-0.15, -0.1) is 11.8 Å². The maximum atomic E-state index is 12.7. The number of hydrogen-bond acceptors (Lipinski definition) is 3. The minimum atomic E-state index is -0.358. The van der Waals surface area contributed by atoms with E-state index in [1.54, 1.807) is 11.8 Å². The fraction of sp³-hybridized carbons (Fsp3) is 0.947. The van der Waals surface area contributed by atoms with Gasteiger partial charge in [0, 0.05) is 11.0 Å². The van der Waals surface area contributed by atoms with E-state index in [0.717, 1.165) is 25.0 Å². The summed E-state index contributed by atoms with van der Waals surface area (Å²) in [5.41, 5.74) is -0.209. The maximum Gasteiger partial charge on any atom is 0.226 e. The first kappa shape index (κ1) is 22.8. The highest BCUT2D eigenvalue weighted by Gasteiger charge is 2.36. The normalized spacial score (nSPS) is 14.7. The molecule has 1 unspecified atom stereocenters. The number of carbonyl (C=O) groups is 1.